The van der Waals surface area contributed by atoms with E-state index in [4.69, 9.17) is 4.43 Å². The van der Waals surface area contributed by atoms with E-state index < -0.39 is 8.32 Å². The molecule has 3 heteroatoms. The first kappa shape index (κ1) is 22.9. The van der Waals surface area contributed by atoms with E-state index in [0.29, 0.717) is 22.0 Å². The van der Waals surface area contributed by atoms with Crippen LogP contribution in [0, 0.1) is 34.7 Å². The third-order valence-corrected chi connectivity index (χ3v) is 14.1. The van der Waals surface area contributed by atoms with Crippen molar-refractivity contribution in [2.24, 2.45) is 28.6 Å². The molecule has 0 saturated heterocycles. The van der Waals surface area contributed by atoms with Crippen LogP contribution in [-0.4, -0.2) is 14.4 Å². The quantitative estimate of drug-likeness (QED) is 0.386. The molecule has 1 nitrogen and oxygen atoms in total. The van der Waals surface area contributed by atoms with Crippen molar-refractivity contribution >= 4 is 8.32 Å². The molecule has 0 radical (unpaired) electrons. The molecule has 0 bridgehead atoms. The van der Waals surface area contributed by atoms with E-state index in [9.17, 15) is 0 Å². The molecule has 2 saturated carbocycles. The Morgan fingerprint density at radius 1 is 1.07 bits per heavy atom. The Hall–Kier alpha value is 0.254. The Balaban J connectivity index is 0.00000225. The first-order valence-electron chi connectivity index (χ1n) is 11.4. The molecule has 0 aromatic carbocycles. The van der Waals surface area contributed by atoms with E-state index in [2.05, 4.69) is 65.9 Å². The van der Waals surface area contributed by atoms with Crippen molar-refractivity contribution in [3.05, 3.63) is 23.8 Å². The zero-order chi connectivity index (χ0) is 19.7. The second-order valence-electron chi connectivity index (χ2n) is 12.0. The van der Waals surface area contributed by atoms with Crippen molar-refractivity contribution in [2.45, 2.75) is 104 Å². The van der Waals surface area contributed by atoms with Crippen LogP contribution < -0.4 is 18.9 Å². The van der Waals surface area contributed by atoms with Crippen LogP contribution >= 0.6 is 0 Å². The first-order valence-corrected chi connectivity index (χ1v) is 14.3. The van der Waals surface area contributed by atoms with Gasteiger partial charge in [-0.2, -0.15) is 5.41 Å². The first-order chi connectivity index (χ1) is 12.5. The van der Waals surface area contributed by atoms with Gasteiger partial charge < -0.3 is 10.5 Å². The molecule has 152 valence electrons. The van der Waals surface area contributed by atoms with Gasteiger partial charge in [0.15, 0.2) is 8.32 Å². The summed E-state index contributed by atoms with van der Waals surface area (Å²) in [5.41, 5.74) is 2.54. The van der Waals surface area contributed by atoms with Crippen LogP contribution in [0.25, 0.3) is 0 Å². The van der Waals surface area contributed by atoms with Crippen LogP contribution in [-0.2, 0) is 4.43 Å². The topological polar surface area (TPSA) is 9.23 Å². The molecule has 2 fully saturated rings. The van der Waals surface area contributed by atoms with Gasteiger partial charge in [-0.3, -0.25) is 6.08 Å². The molecular weight excluding hydrogens is 351 g/mol. The molecule has 4 aliphatic rings. The van der Waals surface area contributed by atoms with E-state index >= 15 is 0 Å². The second-order valence-corrected chi connectivity index (χ2v) is 16.8. The third kappa shape index (κ3) is 3.59. The molecule has 4 aliphatic carbocycles. The maximum atomic E-state index is 6.84. The van der Waals surface area contributed by atoms with Gasteiger partial charge in [-0.05, 0) is 61.1 Å². The van der Waals surface area contributed by atoms with Crippen molar-refractivity contribution in [1.82, 2.24) is 0 Å². The van der Waals surface area contributed by atoms with E-state index in [1.807, 2.05) is 0 Å². The third-order valence-electron chi connectivity index (χ3n) is 9.52. The average Bonchev–Trinajstić information content (AvgIpc) is 2.95. The fourth-order valence-corrected chi connectivity index (χ4v) is 8.06. The molecule has 4 rings (SSSR count). The van der Waals surface area contributed by atoms with Crippen LogP contribution in [0.15, 0.2) is 17.7 Å². The van der Waals surface area contributed by atoms with Crippen LogP contribution in [0.2, 0.25) is 18.1 Å². The summed E-state index contributed by atoms with van der Waals surface area (Å²) in [5.74, 6) is 2.60. The van der Waals surface area contributed by atoms with Crippen LogP contribution in [0.3, 0.4) is 0 Å². The maximum Gasteiger partial charge on any atom is 1.00 e. The summed E-state index contributed by atoms with van der Waals surface area (Å²) in [6, 6.07) is 0. The summed E-state index contributed by atoms with van der Waals surface area (Å²) >= 11 is 0. The molecule has 0 amide bonds. The summed E-state index contributed by atoms with van der Waals surface area (Å²) < 4.78 is 6.84. The molecule has 28 heavy (non-hydrogen) atoms. The summed E-state index contributed by atoms with van der Waals surface area (Å²) in [6.07, 6.45) is 18.3. The van der Waals surface area contributed by atoms with E-state index in [1.165, 1.54) is 44.9 Å². The van der Waals surface area contributed by atoms with E-state index in [0.717, 1.165) is 17.8 Å². The number of hydrogen-bond acceptors (Lipinski definition) is 1. The smallest absolute Gasteiger partial charge is 0.494 e. The van der Waals surface area contributed by atoms with Crippen molar-refractivity contribution in [3.8, 4) is 0 Å². The van der Waals surface area contributed by atoms with Gasteiger partial charge in [0, 0.05) is 6.10 Å². The molecule has 0 heterocycles. The second kappa shape index (κ2) is 7.44. The molecule has 0 aromatic rings. The normalized spacial score (nSPS) is 42.8. The summed E-state index contributed by atoms with van der Waals surface area (Å²) in [5, 5.41) is 0.305. The summed E-state index contributed by atoms with van der Waals surface area (Å²) in [4.78, 5) is 0. The Morgan fingerprint density at radius 2 is 1.79 bits per heavy atom. The average molecular weight is 393 g/mol. The Bertz CT molecular complexity index is 660. The molecule has 0 aromatic heterocycles. The number of rotatable bonds is 2. The molecule has 0 N–H and O–H groups in total. The molecule has 6 atom stereocenters. The van der Waals surface area contributed by atoms with Gasteiger partial charge in [-0.15, -0.1) is 0 Å². The van der Waals surface area contributed by atoms with Gasteiger partial charge in [-0.25, -0.2) is 0 Å². The predicted molar refractivity (Wildman–Crippen MR) is 117 cm³/mol. The number of allylic oxidation sites excluding steroid dienone is 3. The fraction of sp³-hybridized carbons (Fsp3) is 0.840. The van der Waals surface area contributed by atoms with Gasteiger partial charge >= 0.3 is 18.9 Å². The van der Waals surface area contributed by atoms with Crippen LogP contribution in [0.5, 0.6) is 0 Å². The van der Waals surface area contributed by atoms with E-state index in [1.54, 1.807) is 5.57 Å². The minimum Gasteiger partial charge on any atom is -0.494 e. The Kier molecular flexibility index (Phi) is 6.09. The molecule has 0 aliphatic heterocycles. The SMILES string of the molecule is CC(C)(C)[Si](C)(C)O[C@H]1CC[C@@]2(C)C(=CCC3C4CC=[C-][C@@]4(C)CCC32)C1.[Li+]. The number of fused-ring (bicyclic) bond motifs is 5. The fourth-order valence-electron chi connectivity index (χ4n) is 6.67. The summed E-state index contributed by atoms with van der Waals surface area (Å²) in [6.45, 7) is 17.0. The Morgan fingerprint density at radius 3 is 2.46 bits per heavy atom. The number of hydrogen-bond donors (Lipinski definition) is 0. The van der Waals surface area contributed by atoms with E-state index in [-0.39, 0.29) is 18.9 Å². The van der Waals surface area contributed by atoms with Gasteiger partial charge in [-0.1, -0.05) is 71.4 Å². The van der Waals surface area contributed by atoms with Crippen molar-refractivity contribution < 1.29 is 23.3 Å². The predicted octanol–water partition coefficient (Wildman–Crippen LogP) is 4.31. The maximum absolute atomic E-state index is 6.84. The van der Waals surface area contributed by atoms with Gasteiger partial charge in [0.1, 0.15) is 0 Å². The van der Waals surface area contributed by atoms with Crippen molar-refractivity contribution in [2.75, 3.05) is 0 Å². The van der Waals surface area contributed by atoms with Crippen molar-refractivity contribution in [3.63, 3.8) is 0 Å². The van der Waals surface area contributed by atoms with Crippen LogP contribution in [0.1, 0.15) is 79.6 Å². The van der Waals surface area contributed by atoms with Gasteiger partial charge in [0.05, 0.1) is 0 Å². The van der Waals surface area contributed by atoms with Gasteiger partial charge in [0.25, 0.3) is 0 Å². The monoisotopic (exact) mass is 392 g/mol. The van der Waals surface area contributed by atoms with Crippen molar-refractivity contribution in [1.29, 1.82) is 0 Å². The molecule has 0 spiro atoms. The van der Waals surface area contributed by atoms with Crippen LogP contribution in [0.4, 0.5) is 0 Å². The standard InChI is InChI=1S/C25H41OSi.Li/c1-23(2,3)27(6,7)26-19-12-16-25(5)18(17-19)10-11-20-21-9-8-14-24(21,4)15-13-22(20)25;/h8,10,19-22H,9,11-13,15-17H2,1-7H3;/q-1;+1/t19-,20?,21?,22?,24-,25-;/m0./s1. The minimum atomic E-state index is -1.67. The summed E-state index contributed by atoms with van der Waals surface area (Å²) in [7, 11) is -1.67. The zero-order valence-corrected chi connectivity index (χ0v) is 20.8. The van der Waals surface area contributed by atoms with Gasteiger partial charge in [0.2, 0.25) is 0 Å². The zero-order valence-electron chi connectivity index (χ0n) is 19.8. The largest absolute Gasteiger partial charge is 1.00 e. The molecular formula is C25H41LiOSi. The molecule has 3 unspecified atom stereocenters. The minimum absolute atomic E-state index is 0. The Labute approximate surface area is 187 Å².